The van der Waals surface area contributed by atoms with Crippen LogP contribution in [0.3, 0.4) is 0 Å². The van der Waals surface area contributed by atoms with Crippen LogP contribution in [0.4, 0.5) is 10.7 Å². The Labute approximate surface area is 272 Å². The summed E-state index contributed by atoms with van der Waals surface area (Å²) in [7, 11) is 1.54. The lowest BCUT2D eigenvalue weighted by atomic mass is 9.95. The van der Waals surface area contributed by atoms with E-state index in [1.165, 1.54) is 30.6 Å². The number of thiophene rings is 1. The number of nitro benzene ring substituents is 1. The summed E-state index contributed by atoms with van der Waals surface area (Å²) in [6, 6.07) is 12.4. The molecule has 13 nitrogen and oxygen atoms in total. The zero-order chi connectivity index (χ0) is 32.8. The van der Waals surface area contributed by atoms with Gasteiger partial charge in [-0.25, -0.2) is 4.79 Å². The molecule has 1 aliphatic carbocycles. The molecule has 0 fully saturated rings. The summed E-state index contributed by atoms with van der Waals surface area (Å²) in [5, 5.41) is 25.7. The van der Waals surface area contributed by atoms with Crippen molar-refractivity contribution in [1.29, 1.82) is 0 Å². The minimum Gasteiger partial charge on any atom is -0.497 e. The molecule has 2 aromatic heterocycles. The molecular formula is C31H32N6O7S2. The van der Waals surface area contributed by atoms with Gasteiger partial charge in [0.25, 0.3) is 11.6 Å². The number of thioether (sulfide) groups is 1. The van der Waals surface area contributed by atoms with Gasteiger partial charge in [0.15, 0.2) is 11.0 Å². The number of aryl methyl sites for hydroxylation is 1. The lowest BCUT2D eigenvalue weighted by molar-refractivity contribution is -0.384. The maximum Gasteiger partial charge on any atom is 0.341 e. The van der Waals surface area contributed by atoms with E-state index >= 15 is 0 Å². The third-order valence-corrected chi connectivity index (χ3v) is 9.57. The monoisotopic (exact) mass is 664 g/mol. The van der Waals surface area contributed by atoms with E-state index < -0.39 is 16.1 Å². The second-order valence-corrected chi connectivity index (χ2v) is 12.7. The normalized spacial score (nSPS) is 12.9. The molecule has 46 heavy (non-hydrogen) atoms. The van der Waals surface area contributed by atoms with Crippen LogP contribution in [0.5, 0.6) is 5.75 Å². The first-order chi connectivity index (χ1) is 22.2. The van der Waals surface area contributed by atoms with E-state index in [2.05, 4.69) is 20.8 Å². The minimum atomic E-state index is -0.683. The smallest absolute Gasteiger partial charge is 0.341 e. The molecule has 2 N–H and O–H groups in total. The van der Waals surface area contributed by atoms with E-state index in [0.29, 0.717) is 38.5 Å². The van der Waals surface area contributed by atoms with Gasteiger partial charge < -0.3 is 20.1 Å². The standard InChI is InChI=1S/C31H32N6O7S2/c1-4-44-30(40)26-23-7-5-6-8-24(23)46-29(26)33-27(38)18(2)45-31-35-34-25(36(31)20-11-13-21(14-12-20)37(41)42)17-32-28(39)19-9-15-22(43-3)16-10-19/h9-16,18H,4-8,17H2,1-3H3,(H,32,39)(H,33,38)/t18-/m1/s1. The Balaban J connectivity index is 1.38. The van der Waals surface area contributed by atoms with Gasteiger partial charge in [-0.05, 0) is 81.5 Å². The third-order valence-electron chi connectivity index (χ3n) is 7.32. The summed E-state index contributed by atoms with van der Waals surface area (Å²) in [6.07, 6.45) is 3.60. The molecule has 0 bridgehead atoms. The molecular weight excluding hydrogens is 633 g/mol. The van der Waals surface area contributed by atoms with Crippen LogP contribution in [-0.4, -0.2) is 56.4 Å². The molecule has 4 aromatic rings. The highest BCUT2D eigenvalue weighted by atomic mass is 32.2. The number of nitro groups is 1. The van der Waals surface area contributed by atoms with E-state index in [-0.39, 0.29) is 30.7 Å². The van der Waals surface area contributed by atoms with Crippen LogP contribution in [0.15, 0.2) is 53.7 Å². The average Bonchev–Trinajstić information content (AvgIpc) is 3.64. The van der Waals surface area contributed by atoms with Gasteiger partial charge in [0.05, 0.1) is 36.0 Å². The Bertz CT molecular complexity index is 1750. The van der Waals surface area contributed by atoms with Gasteiger partial charge in [0.1, 0.15) is 10.8 Å². The van der Waals surface area contributed by atoms with Crippen molar-refractivity contribution in [2.75, 3.05) is 19.0 Å². The van der Waals surface area contributed by atoms with Crippen LogP contribution in [0.25, 0.3) is 5.69 Å². The molecule has 1 atom stereocenters. The van der Waals surface area contributed by atoms with Gasteiger partial charge in [0, 0.05) is 28.3 Å². The van der Waals surface area contributed by atoms with E-state index in [0.717, 1.165) is 47.9 Å². The van der Waals surface area contributed by atoms with Gasteiger partial charge in [-0.1, -0.05) is 11.8 Å². The summed E-state index contributed by atoms with van der Waals surface area (Å²) >= 11 is 2.53. The van der Waals surface area contributed by atoms with Crippen molar-refractivity contribution < 1.29 is 28.8 Å². The number of non-ortho nitro benzene ring substituents is 1. The quantitative estimate of drug-likeness (QED) is 0.0872. The van der Waals surface area contributed by atoms with E-state index in [1.54, 1.807) is 54.8 Å². The number of benzene rings is 2. The fraction of sp³-hybridized carbons (Fsp3) is 0.323. The van der Waals surface area contributed by atoms with Crippen molar-refractivity contribution in [2.24, 2.45) is 0 Å². The maximum atomic E-state index is 13.5. The Kier molecular flexibility index (Phi) is 10.3. The summed E-state index contributed by atoms with van der Waals surface area (Å²) in [6.45, 7) is 3.66. The first-order valence-corrected chi connectivity index (χ1v) is 16.3. The second kappa shape index (κ2) is 14.6. The minimum absolute atomic E-state index is 0.0142. The average molecular weight is 665 g/mol. The van der Waals surface area contributed by atoms with Crippen molar-refractivity contribution in [3.05, 3.63) is 86.0 Å². The van der Waals surface area contributed by atoms with Crippen molar-refractivity contribution in [3.8, 4) is 11.4 Å². The van der Waals surface area contributed by atoms with Crippen LogP contribution in [0, 0.1) is 10.1 Å². The van der Waals surface area contributed by atoms with Crippen LogP contribution >= 0.6 is 23.1 Å². The number of anilines is 1. The number of ether oxygens (including phenoxy) is 2. The summed E-state index contributed by atoms with van der Waals surface area (Å²) in [4.78, 5) is 51.0. The number of rotatable bonds is 12. The van der Waals surface area contributed by atoms with Gasteiger partial charge in [-0.3, -0.25) is 24.3 Å². The van der Waals surface area contributed by atoms with Crippen LogP contribution < -0.4 is 15.4 Å². The Hall–Kier alpha value is -4.76. The predicted octanol–water partition coefficient (Wildman–Crippen LogP) is 5.35. The van der Waals surface area contributed by atoms with Crippen molar-refractivity contribution in [1.82, 2.24) is 20.1 Å². The highest BCUT2D eigenvalue weighted by Gasteiger charge is 2.29. The highest BCUT2D eigenvalue weighted by molar-refractivity contribution is 8.00. The first-order valence-electron chi connectivity index (χ1n) is 14.6. The van der Waals surface area contributed by atoms with Crippen LogP contribution in [0.2, 0.25) is 0 Å². The largest absolute Gasteiger partial charge is 0.497 e. The SMILES string of the molecule is CCOC(=O)c1c(NC(=O)[C@@H](C)Sc2nnc(CNC(=O)c3ccc(OC)cc3)n2-c2ccc([N+](=O)[O-])cc2)sc2c1CCCC2. The number of hydrogen-bond acceptors (Lipinski definition) is 11. The summed E-state index contributed by atoms with van der Waals surface area (Å²) < 4.78 is 12.1. The number of nitrogens with one attached hydrogen (secondary N) is 2. The predicted molar refractivity (Wildman–Crippen MR) is 173 cm³/mol. The molecule has 2 heterocycles. The van der Waals surface area contributed by atoms with E-state index in [4.69, 9.17) is 9.47 Å². The number of carbonyl (C=O) groups excluding carboxylic acids is 3. The van der Waals surface area contributed by atoms with E-state index in [1.807, 2.05) is 0 Å². The van der Waals surface area contributed by atoms with Crippen molar-refractivity contribution >= 4 is 51.6 Å². The Morgan fingerprint density at radius 2 is 1.80 bits per heavy atom. The van der Waals surface area contributed by atoms with Crippen molar-refractivity contribution in [2.45, 2.75) is 56.5 Å². The zero-order valence-electron chi connectivity index (χ0n) is 25.4. The van der Waals surface area contributed by atoms with Gasteiger partial charge in [0.2, 0.25) is 5.91 Å². The van der Waals surface area contributed by atoms with Gasteiger partial charge >= 0.3 is 5.97 Å². The summed E-state index contributed by atoms with van der Waals surface area (Å²) in [5.74, 6) is -0.177. The lowest BCUT2D eigenvalue weighted by Gasteiger charge is -2.15. The third kappa shape index (κ3) is 7.21. The molecule has 2 aromatic carbocycles. The number of fused-ring (bicyclic) bond motifs is 1. The Morgan fingerprint density at radius 1 is 1.09 bits per heavy atom. The first kappa shape index (κ1) is 32.6. The Morgan fingerprint density at radius 3 is 2.48 bits per heavy atom. The molecule has 240 valence electrons. The topological polar surface area (TPSA) is 168 Å². The fourth-order valence-corrected chi connectivity index (χ4v) is 7.14. The number of methoxy groups -OCH3 is 1. The number of amides is 2. The van der Waals surface area contributed by atoms with Crippen LogP contribution in [-0.2, 0) is 28.9 Å². The zero-order valence-corrected chi connectivity index (χ0v) is 27.0. The fourth-order valence-electron chi connectivity index (χ4n) is 4.98. The lowest BCUT2D eigenvalue weighted by Crippen LogP contribution is -2.25. The van der Waals surface area contributed by atoms with E-state index in [9.17, 15) is 24.5 Å². The molecule has 0 spiro atoms. The second-order valence-electron chi connectivity index (χ2n) is 10.3. The number of hydrogen-bond donors (Lipinski definition) is 2. The molecule has 0 radical (unpaired) electrons. The molecule has 1 aliphatic rings. The summed E-state index contributed by atoms with van der Waals surface area (Å²) in [5.41, 5.74) is 2.21. The van der Waals surface area contributed by atoms with Crippen molar-refractivity contribution in [3.63, 3.8) is 0 Å². The number of aromatic nitrogens is 3. The molecule has 15 heteroatoms. The van der Waals surface area contributed by atoms with Gasteiger partial charge in [-0.2, -0.15) is 0 Å². The maximum absolute atomic E-state index is 13.5. The highest BCUT2D eigenvalue weighted by Crippen LogP contribution is 2.39. The molecule has 5 rings (SSSR count). The molecule has 2 amide bonds. The molecule has 0 aliphatic heterocycles. The number of nitrogens with zero attached hydrogens (tertiary/aromatic N) is 4. The van der Waals surface area contributed by atoms with Gasteiger partial charge in [-0.15, -0.1) is 21.5 Å². The molecule has 0 saturated heterocycles. The number of carbonyl (C=O) groups is 3. The number of esters is 1. The molecule has 0 saturated carbocycles. The van der Waals surface area contributed by atoms with Crippen LogP contribution in [0.1, 0.15) is 63.7 Å². The molecule has 0 unspecified atom stereocenters.